The number of aromatic nitrogens is 1. The van der Waals surface area contributed by atoms with Gasteiger partial charge in [-0.05, 0) is 24.3 Å². The van der Waals surface area contributed by atoms with Gasteiger partial charge in [-0.3, -0.25) is 9.00 Å². The Bertz CT molecular complexity index is 926. The minimum absolute atomic E-state index is 0.181. The van der Waals surface area contributed by atoms with Crippen LogP contribution in [0, 0.1) is 0 Å². The molecule has 0 unspecified atom stereocenters. The number of benzene rings is 2. The minimum atomic E-state index is -1.51. The summed E-state index contributed by atoms with van der Waals surface area (Å²) in [4.78, 5) is 16.9. The second kappa shape index (κ2) is 8.10. The number of nitrogens with zero attached hydrogens (tertiary/aromatic N) is 1. The average molecular weight is 411 g/mol. The van der Waals surface area contributed by atoms with Crippen LogP contribution in [0.3, 0.4) is 0 Å². The van der Waals surface area contributed by atoms with E-state index in [1.165, 1.54) is 11.3 Å². The molecule has 0 radical (unpaired) electrons. The predicted octanol–water partition coefficient (Wildman–Crippen LogP) is 4.86. The van der Waals surface area contributed by atoms with Crippen LogP contribution in [0.5, 0.6) is 0 Å². The van der Waals surface area contributed by atoms with Crippen molar-refractivity contribution >= 4 is 56.4 Å². The van der Waals surface area contributed by atoms with E-state index in [2.05, 4.69) is 10.3 Å². The third-order valence-corrected chi connectivity index (χ3v) is 6.06. The lowest BCUT2D eigenvalue weighted by Crippen LogP contribution is -2.19. The highest BCUT2D eigenvalue weighted by molar-refractivity contribution is 7.86. The molecule has 1 aromatic heterocycles. The molecular formula is C17H12Cl2N2O2S2. The van der Waals surface area contributed by atoms with Gasteiger partial charge in [0.25, 0.3) is 0 Å². The molecule has 128 valence electrons. The Balaban J connectivity index is 1.65. The normalized spacial score (nSPS) is 11.9. The van der Waals surface area contributed by atoms with Crippen LogP contribution in [0.25, 0.3) is 11.3 Å². The van der Waals surface area contributed by atoms with Crippen LogP contribution in [0.2, 0.25) is 10.0 Å². The van der Waals surface area contributed by atoms with Crippen molar-refractivity contribution < 1.29 is 9.00 Å². The molecule has 0 spiro atoms. The van der Waals surface area contributed by atoms with Gasteiger partial charge in [-0.2, -0.15) is 0 Å². The summed E-state index contributed by atoms with van der Waals surface area (Å²) in [6, 6.07) is 14.0. The summed E-state index contributed by atoms with van der Waals surface area (Å²) in [6.45, 7) is 0. The van der Waals surface area contributed by atoms with Crippen LogP contribution in [0.4, 0.5) is 5.13 Å². The number of carbonyl (C=O) groups is 1. The van der Waals surface area contributed by atoms with Gasteiger partial charge in [-0.25, -0.2) is 4.98 Å². The molecule has 0 fully saturated rings. The molecule has 1 N–H and O–H groups in total. The number of halogens is 2. The maximum Gasteiger partial charge on any atom is 0.239 e. The summed E-state index contributed by atoms with van der Waals surface area (Å²) in [5.41, 5.74) is 1.64. The van der Waals surface area contributed by atoms with Gasteiger partial charge in [0.2, 0.25) is 5.91 Å². The van der Waals surface area contributed by atoms with Gasteiger partial charge in [-0.15, -0.1) is 11.3 Å². The fourth-order valence-electron chi connectivity index (χ4n) is 2.07. The van der Waals surface area contributed by atoms with Crippen molar-refractivity contribution in [1.29, 1.82) is 0 Å². The van der Waals surface area contributed by atoms with E-state index < -0.39 is 10.8 Å². The maximum atomic E-state index is 12.3. The molecule has 0 aliphatic heterocycles. The summed E-state index contributed by atoms with van der Waals surface area (Å²) >= 11 is 13.2. The molecule has 0 aliphatic rings. The minimum Gasteiger partial charge on any atom is -0.301 e. The van der Waals surface area contributed by atoms with E-state index in [1.54, 1.807) is 36.4 Å². The standard InChI is InChI=1S/C17H12Cl2N2O2S2/c18-12-7-5-11(6-8-12)14-9-24-17(20-14)21-16(22)10-25(23)15-4-2-1-3-13(15)19/h1-9H,10H2,(H,20,21,22)/t25-/m1/s1. The first-order valence-corrected chi connectivity index (χ1v) is 10.1. The fourth-order valence-corrected chi connectivity index (χ4v) is 4.30. The Kier molecular flexibility index (Phi) is 5.86. The van der Waals surface area contributed by atoms with Crippen molar-refractivity contribution in [2.45, 2.75) is 4.90 Å². The molecule has 4 nitrogen and oxygen atoms in total. The van der Waals surface area contributed by atoms with E-state index in [0.29, 0.717) is 20.1 Å². The first kappa shape index (κ1) is 18.1. The monoisotopic (exact) mass is 410 g/mol. The molecule has 8 heteroatoms. The molecule has 0 saturated heterocycles. The molecular weight excluding hydrogens is 399 g/mol. The van der Waals surface area contributed by atoms with E-state index in [-0.39, 0.29) is 11.7 Å². The van der Waals surface area contributed by atoms with Crippen LogP contribution in [-0.2, 0) is 15.6 Å². The Morgan fingerprint density at radius 2 is 1.84 bits per heavy atom. The summed E-state index contributed by atoms with van der Waals surface area (Å²) in [6.07, 6.45) is 0. The van der Waals surface area contributed by atoms with Gasteiger partial charge in [0.1, 0.15) is 5.75 Å². The van der Waals surface area contributed by atoms with Crippen molar-refractivity contribution in [1.82, 2.24) is 4.98 Å². The molecule has 0 saturated carbocycles. The molecule has 3 aromatic rings. The molecule has 2 aromatic carbocycles. The van der Waals surface area contributed by atoms with Crippen LogP contribution < -0.4 is 5.32 Å². The maximum absolute atomic E-state index is 12.3. The Morgan fingerprint density at radius 1 is 1.12 bits per heavy atom. The topological polar surface area (TPSA) is 59.1 Å². The summed E-state index contributed by atoms with van der Waals surface area (Å²) in [7, 11) is -1.51. The number of hydrogen-bond donors (Lipinski definition) is 1. The molecule has 25 heavy (non-hydrogen) atoms. The van der Waals surface area contributed by atoms with Crippen molar-refractivity contribution in [2.24, 2.45) is 0 Å². The Labute approximate surface area is 161 Å². The second-order valence-corrected chi connectivity index (χ2v) is 8.13. The number of thiazole rings is 1. The summed E-state index contributed by atoms with van der Waals surface area (Å²) in [5.74, 6) is -0.560. The van der Waals surface area contributed by atoms with Gasteiger partial charge in [0.15, 0.2) is 5.13 Å². The van der Waals surface area contributed by atoms with Crippen LogP contribution >= 0.6 is 34.5 Å². The molecule has 0 aliphatic carbocycles. The summed E-state index contributed by atoms with van der Waals surface area (Å²) in [5, 5.41) is 5.99. The highest BCUT2D eigenvalue weighted by Gasteiger charge is 2.14. The molecule has 1 heterocycles. The lowest BCUT2D eigenvalue weighted by atomic mass is 10.2. The van der Waals surface area contributed by atoms with E-state index in [9.17, 15) is 9.00 Å². The van der Waals surface area contributed by atoms with Crippen molar-refractivity contribution in [2.75, 3.05) is 11.1 Å². The lowest BCUT2D eigenvalue weighted by Gasteiger charge is -2.04. The Morgan fingerprint density at radius 3 is 2.56 bits per heavy atom. The summed E-state index contributed by atoms with van der Waals surface area (Å²) < 4.78 is 12.3. The van der Waals surface area contributed by atoms with E-state index in [1.807, 2.05) is 17.5 Å². The van der Waals surface area contributed by atoms with Crippen LogP contribution in [0.15, 0.2) is 58.8 Å². The van der Waals surface area contributed by atoms with Gasteiger partial charge >= 0.3 is 0 Å². The average Bonchev–Trinajstić information content (AvgIpc) is 3.04. The van der Waals surface area contributed by atoms with Gasteiger partial charge in [0, 0.05) is 16.0 Å². The number of carbonyl (C=O) groups excluding carboxylic acids is 1. The van der Waals surface area contributed by atoms with Crippen molar-refractivity contribution in [3.05, 3.63) is 64.0 Å². The first-order chi connectivity index (χ1) is 12.0. The van der Waals surface area contributed by atoms with Gasteiger partial charge in [-0.1, -0.05) is 47.5 Å². The highest BCUT2D eigenvalue weighted by atomic mass is 35.5. The third-order valence-electron chi connectivity index (χ3n) is 3.23. The SMILES string of the molecule is O=C(C[S@@](=O)c1ccccc1Cl)Nc1nc(-c2ccc(Cl)cc2)cs1. The highest BCUT2D eigenvalue weighted by Crippen LogP contribution is 2.26. The second-order valence-electron chi connectivity index (χ2n) is 5.01. The van der Waals surface area contributed by atoms with E-state index in [0.717, 1.165) is 11.3 Å². The zero-order valence-electron chi connectivity index (χ0n) is 12.7. The number of nitrogens with one attached hydrogen (secondary N) is 1. The van der Waals surface area contributed by atoms with Gasteiger partial charge in [0.05, 0.1) is 26.4 Å². The van der Waals surface area contributed by atoms with Crippen LogP contribution in [0.1, 0.15) is 0 Å². The number of rotatable bonds is 5. The third kappa shape index (κ3) is 4.67. The lowest BCUT2D eigenvalue weighted by molar-refractivity contribution is -0.113. The number of amides is 1. The number of hydrogen-bond acceptors (Lipinski definition) is 4. The molecule has 1 amide bonds. The molecule has 3 rings (SSSR count). The van der Waals surface area contributed by atoms with E-state index >= 15 is 0 Å². The largest absolute Gasteiger partial charge is 0.301 e. The molecule has 1 atom stereocenters. The van der Waals surface area contributed by atoms with Gasteiger partial charge < -0.3 is 5.32 Å². The van der Waals surface area contributed by atoms with Crippen LogP contribution in [-0.4, -0.2) is 20.9 Å². The quantitative estimate of drug-likeness (QED) is 0.652. The van der Waals surface area contributed by atoms with Crippen molar-refractivity contribution in [3.8, 4) is 11.3 Å². The number of anilines is 1. The van der Waals surface area contributed by atoms with E-state index in [4.69, 9.17) is 23.2 Å². The van der Waals surface area contributed by atoms with Crippen molar-refractivity contribution in [3.63, 3.8) is 0 Å². The smallest absolute Gasteiger partial charge is 0.239 e. The first-order valence-electron chi connectivity index (χ1n) is 7.17. The zero-order valence-corrected chi connectivity index (χ0v) is 15.9. The molecule has 0 bridgehead atoms. The fraction of sp³-hybridized carbons (Fsp3) is 0.0588. The zero-order chi connectivity index (χ0) is 17.8. The Hall–Kier alpha value is -1.73. The predicted molar refractivity (Wildman–Crippen MR) is 104 cm³/mol.